The van der Waals surface area contributed by atoms with Crippen LogP contribution in [0.25, 0.3) is 0 Å². The highest BCUT2D eigenvalue weighted by Crippen LogP contribution is 2.39. The molecule has 0 aromatic carbocycles. The Hall–Kier alpha value is -0.520. The summed E-state index contributed by atoms with van der Waals surface area (Å²) in [6.07, 6.45) is 5.37. The molecule has 2 aliphatic rings. The molecule has 2 heterocycles. The Morgan fingerprint density at radius 1 is 1.22 bits per heavy atom. The molecule has 0 aromatic rings. The molecule has 0 spiro atoms. The van der Waals surface area contributed by atoms with Crippen molar-refractivity contribution in [2.45, 2.75) is 71.1 Å². The van der Waals surface area contributed by atoms with E-state index < -0.39 is 0 Å². The number of hydrogen-bond acceptors (Lipinski definition) is 2. The van der Waals surface area contributed by atoms with Crippen LogP contribution in [-0.2, 0) is 0 Å². The first-order chi connectivity index (χ1) is 8.37. The zero-order chi connectivity index (χ0) is 13.3. The molecule has 2 heteroatoms. The fourth-order valence-corrected chi connectivity index (χ4v) is 3.36. The lowest BCUT2D eigenvalue weighted by atomic mass is 9.85. The Balaban J connectivity index is 1.87. The molecular weight excluding hydrogens is 222 g/mol. The van der Waals surface area contributed by atoms with Gasteiger partial charge in [0.1, 0.15) is 0 Å². The average molecular weight is 249 g/mol. The Kier molecular flexibility index (Phi) is 4.04. The fourth-order valence-electron chi connectivity index (χ4n) is 3.36. The van der Waals surface area contributed by atoms with E-state index in [1.165, 1.54) is 12.8 Å². The van der Waals surface area contributed by atoms with Gasteiger partial charge in [0.05, 0.1) is 6.10 Å². The summed E-state index contributed by atoms with van der Waals surface area (Å²) >= 11 is 0. The summed E-state index contributed by atoms with van der Waals surface area (Å²) in [4.78, 5) is 2.52. The minimum atomic E-state index is -0.225. The maximum absolute atomic E-state index is 10.3. The van der Waals surface area contributed by atoms with Gasteiger partial charge in [-0.05, 0) is 59.4 Å². The second-order valence-electron chi connectivity index (χ2n) is 7.11. The van der Waals surface area contributed by atoms with Crippen molar-refractivity contribution in [1.29, 1.82) is 0 Å². The third-order valence-electron chi connectivity index (χ3n) is 4.45. The van der Waals surface area contributed by atoms with Crippen LogP contribution in [0.5, 0.6) is 0 Å². The summed E-state index contributed by atoms with van der Waals surface area (Å²) in [5, 5.41) is 10.3. The van der Waals surface area contributed by atoms with Crippen LogP contribution in [0.4, 0.5) is 0 Å². The van der Waals surface area contributed by atoms with E-state index in [2.05, 4.69) is 44.6 Å². The molecule has 0 aromatic heterocycles. The maximum atomic E-state index is 10.3. The van der Waals surface area contributed by atoms with Gasteiger partial charge in [-0.25, -0.2) is 0 Å². The highest BCUT2D eigenvalue weighted by atomic mass is 16.3. The minimum Gasteiger partial charge on any atom is -0.392 e. The number of fused-ring (bicyclic) bond motifs is 2. The van der Waals surface area contributed by atoms with Crippen molar-refractivity contribution >= 4 is 0 Å². The number of piperidine rings is 1. The number of nitrogens with zero attached hydrogens (tertiary/aromatic N) is 1. The highest BCUT2D eigenvalue weighted by Gasteiger charge is 2.40. The van der Waals surface area contributed by atoms with Crippen LogP contribution in [0.2, 0.25) is 0 Å². The summed E-state index contributed by atoms with van der Waals surface area (Å²) in [7, 11) is 2.24. The van der Waals surface area contributed by atoms with Crippen LogP contribution in [0.15, 0.2) is 0 Å². The van der Waals surface area contributed by atoms with Crippen molar-refractivity contribution in [1.82, 2.24) is 4.90 Å². The zero-order valence-electron chi connectivity index (χ0n) is 12.2. The van der Waals surface area contributed by atoms with Crippen molar-refractivity contribution in [2.75, 3.05) is 7.05 Å². The van der Waals surface area contributed by atoms with Crippen LogP contribution in [0.3, 0.4) is 0 Å². The summed E-state index contributed by atoms with van der Waals surface area (Å²) in [5.74, 6) is 6.85. The van der Waals surface area contributed by atoms with Gasteiger partial charge in [0, 0.05) is 23.9 Å². The summed E-state index contributed by atoms with van der Waals surface area (Å²) in [6, 6.07) is 1.41. The van der Waals surface area contributed by atoms with Crippen LogP contribution in [-0.4, -0.2) is 35.2 Å². The van der Waals surface area contributed by atoms with E-state index in [-0.39, 0.29) is 11.5 Å². The van der Waals surface area contributed by atoms with Gasteiger partial charge >= 0.3 is 0 Å². The third-order valence-corrected chi connectivity index (χ3v) is 4.45. The topological polar surface area (TPSA) is 23.5 Å². The molecule has 2 aliphatic heterocycles. The highest BCUT2D eigenvalue weighted by molar-refractivity contribution is 5.08. The molecule has 3 atom stereocenters. The smallest absolute Gasteiger partial charge is 0.0678 e. The van der Waals surface area contributed by atoms with Gasteiger partial charge in [0.15, 0.2) is 0 Å². The minimum absolute atomic E-state index is 0.0472. The first kappa shape index (κ1) is 13.9. The van der Waals surface area contributed by atoms with Crippen molar-refractivity contribution in [2.24, 2.45) is 11.3 Å². The summed E-state index contributed by atoms with van der Waals surface area (Å²) in [6.45, 7) is 6.34. The quantitative estimate of drug-likeness (QED) is 0.761. The Labute approximate surface area is 112 Å². The van der Waals surface area contributed by atoms with Gasteiger partial charge in [-0.3, -0.25) is 0 Å². The van der Waals surface area contributed by atoms with E-state index in [4.69, 9.17) is 0 Å². The Bertz CT molecular complexity index is 332. The lowest BCUT2D eigenvalue weighted by Gasteiger charge is -2.38. The molecule has 0 radical (unpaired) electrons. The molecule has 0 saturated carbocycles. The number of aliphatic hydroxyl groups excluding tert-OH is 1. The maximum Gasteiger partial charge on any atom is 0.0678 e. The summed E-state index contributed by atoms with van der Waals surface area (Å²) < 4.78 is 0. The second kappa shape index (κ2) is 5.23. The van der Waals surface area contributed by atoms with Gasteiger partial charge in [0.25, 0.3) is 0 Å². The van der Waals surface area contributed by atoms with Gasteiger partial charge in [0.2, 0.25) is 0 Å². The summed E-state index contributed by atoms with van der Waals surface area (Å²) in [5.41, 5.74) is 0.0472. The third kappa shape index (κ3) is 3.28. The van der Waals surface area contributed by atoms with Crippen molar-refractivity contribution in [3.63, 3.8) is 0 Å². The Morgan fingerprint density at radius 2 is 1.78 bits per heavy atom. The largest absolute Gasteiger partial charge is 0.392 e. The number of hydrogen-bond donors (Lipinski definition) is 1. The number of rotatable bonds is 2. The van der Waals surface area contributed by atoms with Crippen molar-refractivity contribution in [3.05, 3.63) is 0 Å². The fraction of sp³-hybridized carbons (Fsp3) is 0.875. The molecule has 18 heavy (non-hydrogen) atoms. The van der Waals surface area contributed by atoms with Crippen molar-refractivity contribution in [3.8, 4) is 11.8 Å². The molecule has 1 N–H and O–H groups in total. The molecular formula is C16H27NO. The van der Waals surface area contributed by atoms with Crippen LogP contribution in [0.1, 0.15) is 52.9 Å². The zero-order valence-corrected chi connectivity index (χ0v) is 12.2. The molecule has 2 saturated heterocycles. The molecule has 0 amide bonds. The van der Waals surface area contributed by atoms with Crippen molar-refractivity contribution < 1.29 is 5.11 Å². The lowest BCUT2D eigenvalue weighted by molar-refractivity contribution is 0.0393. The lowest BCUT2D eigenvalue weighted by Crippen LogP contribution is -2.43. The SMILES string of the molecule is CN1C2CCC1CC(C(O)CC#CC(C)(C)C)C2. The van der Waals surface area contributed by atoms with Crippen LogP contribution < -0.4 is 0 Å². The van der Waals surface area contributed by atoms with Gasteiger partial charge in [-0.15, -0.1) is 5.92 Å². The monoisotopic (exact) mass is 249 g/mol. The normalized spacial score (nSPS) is 33.9. The molecule has 102 valence electrons. The predicted octanol–water partition coefficient (Wildman–Crippen LogP) is 2.66. The average Bonchev–Trinajstić information content (AvgIpc) is 2.51. The standard InChI is InChI=1S/C16H27NO/c1-16(2,3)9-5-6-15(18)12-10-13-7-8-14(11-12)17(13)4/h12-15,18H,6-8,10-11H2,1-4H3. The van der Waals surface area contributed by atoms with E-state index in [0.29, 0.717) is 24.4 Å². The van der Waals surface area contributed by atoms with E-state index in [0.717, 1.165) is 12.8 Å². The van der Waals surface area contributed by atoms with Crippen LogP contribution in [0, 0.1) is 23.2 Å². The molecule has 2 bridgehead atoms. The second-order valence-corrected chi connectivity index (χ2v) is 7.11. The predicted molar refractivity (Wildman–Crippen MR) is 75.2 cm³/mol. The molecule has 2 nitrogen and oxygen atoms in total. The molecule has 0 aliphatic carbocycles. The van der Waals surface area contributed by atoms with E-state index in [1.807, 2.05) is 0 Å². The van der Waals surface area contributed by atoms with Gasteiger partial charge in [-0.2, -0.15) is 0 Å². The first-order valence-corrected chi connectivity index (χ1v) is 7.27. The molecule has 2 fully saturated rings. The number of aliphatic hydroxyl groups is 1. The molecule has 3 unspecified atom stereocenters. The van der Waals surface area contributed by atoms with Crippen LogP contribution >= 0.6 is 0 Å². The van der Waals surface area contributed by atoms with E-state index in [1.54, 1.807) is 0 Å². The first-order valence-electron chi connectivity index (χ1n) is 7.27. The Morgan fingerprint density at radius 3 is 2.28 bits per heavy atom. The van der Waals surface area contributed by atoms with Gasteiger partial charge in [-0.1, -0.05) is 5.92 Å². The molecule has 2 rings (SSSR count). The van der Waals surface area contributed by atoms with E-state index >= 15 is 0 Å². The van der Waals surface area contributed by atoms with E-state index in [9.17, 15) is 5.11 Å². The van der Waals surface area contributed by atoms with Gasteiger partial charge < -0.3 is 10.0 Å².